The van der Waals surface area contributed by atoms with E-state index < -0.39 is 0 Å². The fraction of sp³-hybridized carbons (Fsp3) is 0.562. The van der Waals surface area contributed by atoms with E-state index in [1.54, 1.807) is 0 Å². The van der Waals surface area contributed by atoms with Crippen LogP contribution in [0.1, 0.15) is 39.0 Å². The summed E-state index contributed by atoms with van der Waals surface area (Å²) < 4.78 is 11.2. The van der Waals surface area contributed by atoms with Crippen LogP contribution in [-0.4, -0.2) is 19.0 Å². The molecule has 2 rings (SSSR count). The average molecular weight is 262 g/mol. The molecule has 1 fully saturated rings. The Hall–Kier alpha value is -1.51. The summed E-state index contributed by atoms with van der Waals surface area (Å²) in [6, 6.07) is 7.68. The average Bonchev–Trinajstić information content (AvgIpc) is 2.84. The van der Waals surface area contributed by atoms with Gasteiger partial charge in [-0.15, -0.1) is 0 Å². The molecule has 0 aromatic heterocycles. The highest BCUT2D eigenvalue weighted by Crippen LogP contribution is 2.25. The summed E-state index contributed by atoms with van der Waals surface area (Å²) in [7, 11) is 0. The largest absolute Gasteiger partial charge is 0.494 e. The van der Waals surface area contributed by atoms with Gasteiger partial charge >= 0.3 is 0 Å². The molecule has 1 atom stereocenters. The summed E-state index contributed by atoms with van der Waals surface area (Å²) in [4.78, 5) is 11.5. The van der Waals surface area contributed by atoms with Crippen molar-refractivity contribution in [2.45, 2.75) is 39.0 Å². The minimum absolute atomic E-state index is 0.229. The van der Waals surface area contributed by atoms with Crippen LogP contribution < -0.4 is 9.47 Å². The number of ketones is 1. The first-order valence-electron chi connectivity index (χ1n) is 7.18. The second-order valence-corrected chi connectivity index (χ2v) is 5.01. The first-order chi connectivity index (χ1) is 9.29. The van der Waals surface area contributed by atoms with E-state index in [0.717, 1.165) is 50.2 Å². The van der Waals surface area contributed by atoms with Crippen LogP contribution in [0.15, 0.2) is 24.3 Å². The van der Waals surface area contributed by atoms with Gasteiger partial charge in [0, 0.05) is 12.3 Å². The quantitative estimate of drug-likeness (QED) is 0.753. The van der Waals surface area contributed by atoms with Crippen molar-refractivity contribution < 1.29 is 14.3 Å². The van der Waals surface area contributed by atoms with Gasteiger partial charge in [-0.1, -0.05) is 6.92 Å². The van der Waals surface area contributed by atoms with E-state index in [0.29, 0.717) is 12.4 Å². The van der Waals surface area contributed by atoms with Gasteiger partial charge in [-0.05, 0) is 49.9 Å². The van der Waals surface area contributed by atoms with Crippen molar-refractivity contribution in [2.75, 3.05) is 13.2 Å². The lowest BCUT2D eigenvalue weighted by molar-refractivity contribution is -0.121. The smallest absolute Gasteiger partial charge is 0.136 e. The van der Waals surface area contributed by atoms with E-state index in [2.05, 4.69) is 6.92 Å². The van der Waals surface area contributed by atoms with E-state index >= 15 is 0 Å². The molecular weight excluding hydrogens is 240 g/mol. The number of Topliss-reactive ketones (excluding diaryl/α,β-unsaturated/α-hetero) is 1. The van der Waals surface area contributed by atoms with Gasteiger partial charge in [0.25, 0.3) is 0 Å². The van der Waals surface area contributed by atoms with Crippen LogP contribution in [0, 0.1) is 5.92 Å². The molecule has 0 aliphatic heterocycles. The lowest BCUT2D eigenvalue weighted by Gasteiger charge is -2.10. The summed E-state index contributed by atoms with van der Waals surface area (Å²) in [6.45, 7) is 3.44. The molecule has 0 heterocycles. The van der Waals surface area contributed by atoms with Gasteiger partial charge in [0.2, 0.25) is 0 Å². The Labute approximate surface area is 114 Å². The van der Waals surface area contributed by atoms with E-state index in [1.807, 2.05) is 24.3 Å². The predicted molar refractivity (Wildman–Crippen MR) is 74.7 cm³/mol. The lowest BCUT2D eigenvalue weighted by Crippen LogP contribution is -2.11. The molecule has 3 heteroatoms. The standard InChI is InChI=1S/C16H22O3/c1-2-11-18-14-6-8-15(9-7-14)19-12-10-13-4-3-5-16(13)17/h6-9,13H,2-5,10-12H2,1H3. The van der Waals surface area contributed by atoms with E-state index in [9.17, 15) is 4.79 Å². The number of hydrogen-bond acceptors (Lipinski definition) is 3. The van der Waals surface area contributed by atoms with Crippen LogP contribution in [0.5, 0.6) is 11.5 Å². The SMILES string of the molecule is CCCOc1ccc(OCCC2CCCC2=O)cc1. The van der Waals surface area contributed by atoms with Gasteiger partial charge < -0.3 is 9.47 Å². The maximum absolute atomic E-state index is 11.5. The summed E-state index contributed by atoms with van der Waals surface area (Å²) >= 11 is 0. The van der Waals surface area contributed by atoms with E-state index in [4.69, 9.17) is 9.47 Å². The van der Waals surface area contributed by atoms with Gasteiger partial charge in [0.15, 0.2) is 0 Å². The zero-order chi connectivity index (χ0) is 13.5. The second-order valence-electron chi connectivity index (χ2n) is 5.01. The number of carbonyl (C=O) groups is 1. The molecule has 3 nitrogen and oxygen atoms in total. The minimum Gasteiger partial charge on any atom is -0.494 e. The van der Waals surface area contributed by atoms with Gasteiger partial charge in [-0.25, -0.2) is 0 Å². The topological polar surface area (TPSA) is 35.5 Å². The van der Waals surface area contributed by atoms with E-state index in [-0.39, 0.29) is 5.92 Å². The molecule has 0 amide bonds. The van der Waals surface area contributed by atoms with Crippen molar-refractivity contribution in [1.82, 2.24) is 0 Å². The molecule has 1 aromatic rings. The summed E-state index contributed by atoms with van der Waals surface area (Å²) in [5.41, 5.74) is 0. The zero-order valence-corrected chi connectivity index (χ0v) is 11.6. The number of hydrogen-bond donors (Lipinski definition) is 0. The Bertz CT molecular complexity index is 397. The molecule has 0 saturated heterocycles. The Kier molecular flexibility index (Phi) is 5.25. The van der Waals surface area contributed by atoms with Crippen LogP contribution in [0.2, 0.25) is 0 Å². The highest BCUT2D eigenvalue weighted by atomic mass is 16.5. The van der Waals surface area contributed by atoms with Gasteiger partial charge in [-0.2, -0.15) is 0 Å². The second kappa shape index (κ2) is 7.17. The molecule has 1 saturated carbocycles. The van der Waals surface area contributed by atoms with Gasteiger partial charge in [0.1, 0.15) is 17.3 Å². The molecule has 19 heavy (non-hydrogen) atoms. The number of ether oxygens (including phenoxy) is 2. The number of rotatable bonds is 7. The monoisotopic (exact) mass is 262 g/mol. The Morgan fingerprint density at radius 3 is 2.26 bits per heavy atom. The molecule has 1 aliphatic rings. The molecule has 0 N–H and O–H groups in total. The molecule has 1 aromatic carbocycles. The Balaban J connectivity index is 1.72. The number of carbonyl (C=O) groups excluding carboxylic acids is 1. The normalized spacial score (nSPS) is 18.6. The van der Waals surface area contributed by atoms with Crippen molar-refractivity contribution in [3.8, 4) is 11.5 Å². The van der Waals surface area contributed by atoms with Crippen molar-refractivity contribution in [3.63, 3.8) is 0 Å². The summed E-state index contributed by atoms with van der Waals surface area (Å²) in [5, 5.41) is 0. The first kappa shape index (κ1) is 13.9. The molecule has 0 radical (unpaired) electrons. The van der Waals surface area contributed by atoms with Crippen molar-refractivity contribution in [2.24, 2.45) is 5.92 Å². The molecule has 1 unspecified atom stereocenters. The third kappa shape index (κ3) is 4.27. The lowest BCUT2D eigenvalue weighted by atomic mass is 10.0. The Morgan fingerprint density at radius 2 is 1.74 bits per heavy atom. The van der Waals surface area contributed by atoms with Crippen LogP contribution in [0.25, 0.3) is 0 Å². The predicted octanol–water partition coefficient (Wildman–Crippen LogP) is 3.61. The van der Waals surface area contributed by atoms with Gasteiger partial charge in [-0.3, -0.25) is 4.79 Å². The zero-order valence-electron chi connectivity index (χ0n) is 11.6. The van der Waals surface area contributed by atoms with Crippen molar-refractivity contribution in [3.05, 3.63) is 24.3 Å². The van der Waals surface area contributed by atoms with Crippen molar-refractivity contribution >= 4 is 5.78 Å². The van der Waals surface area contributed by atoms with Crippen LogP contribution in [0.4, 0.5) is 0 Å². The van der Waals surface area contributed by atoms with Crippen molar-refractivity contribution in [1.29, 1.82) is 0 Å². The summed E-state index contributed by atoms with van der Waals surface area (Å²) in [5.74, 6) is 2.36. The fourth-order valence-corrected chi connectivity index (χ4v) is 2.36. The highest BCUT2D eigenvalue weighted by Gasteiger charge is 2.23. The third-order valence-electron chi connectivity index (χ3n) is 3.46. The minimum atomic E-state index is 0.229. The molecular formula is C16H22O3. The van der Waals surface area contributed by atoms with Gasteiger partial charge in [0.05, 0.1) is 13.2 Å². The maximum atomic E-state index is 11.5. The van der Waals surface area contributed by atoms with Crippen LogP contribution >= 0.6 is 0 Å². The van der Waals surface area contributed by atoms with Crippen LogP contribution in [0.3, 0.4) is 0 Å². The van der Waals surface area contributed by atoms with Crippen LogP contribution in [-0.2, 0) is 4.79 Å². The van der Waals surface area contributed by atoms with E-state index in [1.165, 1.54) is 0 Å². The molecule has 0 bridgehead atoms. The molecule has 1 aliphatic carbocycles. The Morgan fingerprint density at radius 1 is 1.11 bits per heavy atom. The summed E-state index contributed by atoms with van der Waals surface area (Å²) in [6.07, 6.45) is 4.69. The molecule has 0 spiro atoms. The number of benzene rings is 1. The third-order valence-corrected chi connectivity index (χ3v) is 3.46. The first-order valence-corrected chi connectivity index (χ1v) is 7.18. The molecule has 104 valence electrons. The highest BCUT2D eigenvalue weighted by molar-refractivity contribution is 5.82. The fourth-order valence-electron chi connectivity index (χ4n) is 2.36. The maximum Gasteiger partial charge on any atom is 0.136 e.